The molecule has 0 bridgehead atoms. The topological polar surface area (TPSA) is 44.7 Å². The van der Waals surface area contributed by atoms with Crippen molar-refractivity contribution in [1.29, 1.82) is 0 Å². The fourth-order valence-corrected chi connectivity index (χ4v) is 2.14. The largest absolute Gasteiger partial charge is 0.390 e. The van der Waals surface area contributed by atoms with Crippen molar-refractivity contribution in [3.63, 3.8) is 0 Å². The Morgan fingerprint density at radius 1 is 1.44 bits per heavy atom. The van der Waals surface area contributed by atoms with Gasteiger partial charge in [-0.25, -0.2) is 0 Å². The summed E-state index contributed by atoms with van der Waals surface area (Å²) in [5, 5.41) is 13.1. The minimum Gasteiger partial charge on any atom is -0.390 e. The summed E-state index contributed by atoms with van der Waals surface area (Å²) in [7, 11) is 1.78. The molecule has 1 aliphatic heterocycles. The van der Waals surface area contributed by atoms with E-state index in [2.05, 4.69) is 17.1 Å². The minimum absolute atomic E-state index is 0.245. The Morgan fingerprint density at radius 3 is 2.69 bits per heavy atom. The molecule has 1 unspecified atom stereocenters. The number of rotatable bonds is 7. The summed E-state index contributed by atoms with van der Waals surface area (Å²) in [5.74, 6) is 0. The molecule has 0 amide bonds. The Hall–Kier alpha value is -0.160. The van der Waals surface area contributed by atoms with E-state index >= 15 is 0 Å². The lowest BCUT2D eigenvalue weighted by atomic mass is 10.1. The number of methoxy groups -OCH3 is 1. The summed E-state index contributed by atoms with van der Waals surface area (Å²) in [5.41, 5.74) is 0. The first-order valence-electron chi connectivity index (χ1n) is 6.40. The molecule has 0 aromatic rings. The zero-order valence-corrected chi connectivity index (χ0v) is 10.6. The van der Waals surface area contributed by atoms with Gasteiger partial charge >= 0.3 is 0 Å². The molecule has 1 heterocycles. The number of likely N-dealkylation sites (tertiary alicyclic amines) is 1. The molecule has 4 nitrogen and oxygen atoms in total. The molecular weight excluding hydrogens is 204 g/mol. The summed E-state index contributed by atoms with van der Waals surface area (Å²) in [6.45, 7) is 6.70. The third kappa shape index (κ3) is 5.25. The number of ether oxygens (including phenoxy) is 1. The molecule has 1 saturated heterocycles. The normalized spacial score (nSPS) is 21.2. The van der Waals surface area contributed by atoms with Crippen LogP contribution in [0.3, 0.4) is 0 Å². The first-order valence-corrected chi connectivity index (χ1v) is 6.40. The summed E-state index contributed by atoms with van der Waals surface area (Å²) >= 11 is 0. The number of aliphatic hydroxyl groups is 1. The Bertz CT molecular complexity index is 170. The minimum atomic E-state index is -0.245. The molecule has 0 aliphatic carbocycles. The number of hydrogen-bond acceptors (Lipinski definition) is 4. The first-order chi connectivity index (χ1) is 7.76. The van der Waals surface area contributed by atoms with E-state index < -0.39 is 0 Å². The Labute approximate surface area is 99.0 Å². The summed E-state index contributed by atoms with van der Waals surface area (Å²) in [6.07, 6.45) is 3.47. The van der Waals surface area contributed by atoms with Gasteiger partial charge in [-0.2, -0.15) is 0 Å². The van der Waals surface area contributed by atoms with Crippen LogP contribution in [0.5, 0.6) is 0 Å². The van der Waals surface area contributed by atoms with Gasteiger partial charge in [0.25, 0.3) is 0 Å². The number of nitrogens with one attached hydrogen (secondary N) is 1. The van der Waals surface area contributed by atoms with Crippen LogP contribution in [0.1, 0.15) is 26.2 Å². The van der Waals surface area contributed by atoms with Crippen LogP contribution < -0.4 is 5.32 Å². The van der Waals surface area contributed by atoms with E-state index in [0.29, 0.717) is 12.6 Å². The van der Waals surface area contributed by atoms with E-state index in [-0.39, 0.29) is 6.10 Å². The van der Waals surface area contributed by atoms with Gasteiger partial charge in [0.2, 0.25) is 0 Å². The smallest absolute Gasteiger partial charge is 0.0791 e. The van der Waals surface area contributed by atoms with Crippen LogP contribution in [0, 0.1) is 0 Å². The maximum atomic E-state index is 9.82. The zero-order valence-electron chi connectivity index (χ0n) is 10.6. The fourth-order valence-electron chi connectivity index (χ4n) is 2.14. The maximum Gasteiger partial charge on any atom is 0.0791 e. The molecule has 0 saturated carbocycles. The van der Waals surface area contributed by atoms with E-state index in [1.165, 1.54) is 0 Å². The van der Waals surface area contributed by atoms with Crippen molar-refractivity contribution in [3.05, 3.63) is 0 Å². The number of aliphatic hydroxyl groups excluding tert-OH is 1. The highest BCUT2D eigenvalue weighted by Gasteiger charge is 2.20. The lowest BCUT2D eigenvalue weighted by Crippen LogP contribution is -2.43. The molecule has 0 aromatic carbocycles. The molecule has 1 rings (SSSR count). The van der Waals surface area contributed by atoms with Crippen LogP contribution in [-0.2, 0) is 4.74 Å². The molecular formula is C12H26N2O2. The molecule has 1 atom stereocenters. The Kier molecular flexibility index (Phi) is 6.96. The summed E-state index contributed by atoms with van der Waals surface area (Å²) in [6, 6.07) is 0. The van der Waals surface area contributed by atoms with Gasteiger partial charge < -0.3 is 20.1 Å². The number of β-amino-alcohol motifs (C(OH)–C–C–N with tert-alkyl or cyclic N) is 1. The van der Waals surface area contributed by atoms with Gasteiger partial charge in [0.1, 0.15) is 0 Å². The molecule has 4 heteroatoms. The second-order valence-corrected chi connectivity index (χ2v) is 4.59. The van der Waals surface area contributed by atoms with Crippen LogP contribution in [0.25, 0.3) is 0 Å². The van der Waals surface area contributed by atoms with Crippen molar-refractivity contribution in [1.82, 2.24) is 10.2 Å². The molecule has 16 heavy (non-hydrogen) atoms. The first kappa shape index (κ1) is 13.9. The lowest BCUT2D eigenvalue weighted by Gasteiger charge is -2.32. The highest BCUT2D eigenvalue weighted by molar-refractivity contribution is 4.75. The van der Waals surface area contributed by atoms with Crippen LogP contribution in [0.15, 0.2) is 0 Å². The van der Waals surface area contributed by atoms with Gasteiger partial charge in [-0.1, -0.05) is 6.92 Å². The predicted octanol–water partition coefficient (Wildman–Crippen LogP) is 0.458. The third-order valence-electron chi connectivity index (χ3n) is 3.14. The van der Waals surface area contributed by atoms with E-state index in [1.54, 1.807) is 7.11 Å². The monoisotopic (exact) mass is 230 g/mol. The lowest BCUT2D eigenvalue weighted by molar-refractivity contribution is 0.0247. The highest BCUT2D eigenvalue weighted by Crippen LogP contribution is 2.12. The van der Waals surface area contributed by atoms with Gasteiger partial charge in [-0.05, 0) is 25.8 Å². The summed E-state index contributed by atoms with van der Waals surface area (Å²) in [4.78, 5) is 2.33. The number of piperidine rings is 1. The van der Waals surface area contributed by atoms with Crippen molar-refractivity contribution in [2.24, 2.45) is 0 Å². The van der Waals surface area contributed by atoms with Gasteiger partial charge in [-0.3, -0.25) is 0 Å². The molecule has 0 aromatic heterocycles. The van der Waals surface area contributed by atoms with Gasteiger partial charge in [0.05, 0.1) is 12.2 Å². The van der Waals surface area contributed by atoms with Gasteiger partial charge in [-0.15, -0.1) is 0 Å². The predicted molar refractivity (Wildman–Crippen MR) is 65.6 cm³/mol. The van der Waals surface area contributed by atoms with Crippen molar-refractivity contribution in [3.8, 4) is 0 Å². The van der Waals surface area contributed by atoms with Gasteiger partial charge in [0, 0.05) is 33.3 Å². The van der Waals surface area contributed by atoms with E-state index in [1.807, 2.05) is 0 Å². The second-order valence-electron chi connectivity index (χ2n) is 4.59. The van der Waals surface area contributed by atoms with Crippen molar-refractivity contribution < 1.29 is 9.84 Å². The molecule has 0 radical (unpaired) electrons. The Morgan fingerprint density at radius 2 is 2.12 bits per heavy atom. The molecule has 0 spiro atoms. The Balaban J connectivity index is 2.08. The average molecular weight is 230 g/mol. The molecule has 1 fully saturated rings. The molecule has 96 valence electrons. The average Bonchev–Trinajstić information content (AvgIpc) is 2.30. The fraction of sp³-hybridized carbons (Fsp3) is 1.00. The van der Waals surface area contributed by atoms with Crippen molar-refractivity contribution in [2.75, 3.05) is 39.8 Å². The third-order valence-corrected chi connectivity index (χ3v) is 3.14. The van der Waals surface area contributed by atoms with Crippen molar-refractivity contribution in [2.45, 2.75) is 38.4 Å². The number of nitrogens with zero attached hydrogens (tertiary/aromatic N) is 1. The maximum absolute atomic E-state index is 9.82. The number of hydrogen-bond donors (Lipinski definition) is 2. The summed E-state index contributed by atoms with van der Waals surface area (Å²) < 4.78 is 5.32. The standard InChI is InChI=1S/C12H26N2O2/c1-3-6-13-9-11(15)10-14-7-4-12(16-2)5-8-14/h11-13,15H,3-10H2,1-2H3. The highest BCUT2D eigenvalue weighted by atomic mass is 16.5. The molecule has 1 aliphatic rings. The quantitative estimate of drug-likeness (QED) is 0.624. The van der Waals surface area contributed by atoms with Crippen LogP contribution in [-0.4, -0.2) is 62.0 Å². The molecule has 2 N–H and O–H groups in total. The van der Waals surface area contributed by atoms with Crippen LogP contribution in [0.4, 0.5) is 0 Å². The van der Waals surface area contributed by atoms with Gasteiger partial charge in [0.15, 0.2) is 0 Å². The van der Waals surface area contributed by atoms with E-state index in [4.69, 9.17) is 4.74 Å². The second kappa shape index (κ2) is 8.01. The van der Waals surface area contributed by atoms with E-state index in [0.717, 1.165) is 45.4 Å². The van der Waals surface area contributed by atoms with Crippen molar-refractivity contribution >= 4 is 0 Å². The van der Waals surface area contributed by atoms with Crippen LogP contribution in [0.2, 0.25) is 0 Å². The zero-order chi connectivity index (χ0) is 11.8. The van der Waals surface area contributed by atoms with E-state index in [9.17, 15) is 5.11 Å². The SMILES string of the molecule is CCCNCC(O)CN1CCC(OC)CC1. The van der Waals surface area contributed by atoms with Crippen LogP contribution >= 0.6 is 0 Å².